The molecule has 0 aromatic heterocycles. The van der Waals surface area contributed by atoms with Gasteiger partial charge in [-0.05, 0) is 46.2 Å². The molecule has 0 bridgehead atoms. The Hall–Kier alpha value is -2.22. The number of nitrogens with zero attached hydrogens (tertiary/aromatic N) is 1. The molecule has 1 amide bonds. The van der Waals surface area contributed by atoms with Crippen molar-refractivity contribution in [1.29, 1.82) is 0 Å². The van der Waals surface area contributed by atoms with Crippen LogP contribution in [0, 0.1) is 15.9 Å². The number of ether oxygens (including phenoxy) is 1. The van der Waals surface area contributed by atoms with Crippen LogP contribution in [0.15, 0.2) is 12.1 Å². The summed E-state index contributed by atoms with van der Waals surface area (Å²) >= 11 is 0. The van der Waals surface area contributed by atoms with E-state index in [1.807, 2.05) is 0 Å². The second kappa shape index (κ2) is 7.12. The summed E-state index contributed by atoms with van der Waals surface area (Å²) in [5.74, 6) is -0.804. The molecule has 1 aliphatic heterocycles. The van der Waals surface area contributed by atoms with Gasteiger partial charge in [0.2, 0.25) is 0 Å². The van der Waals surface area contributed by atoms with Gasteiger partial charge in [-0.15, -0.1) is 0 Å². The van der Waals surface area contributed by atoms with Crippen LogP contribution in [0.1, 0.15) is 45.1 Å². The lowest BCUT2D eigenvalue weighted by Gasteiger charge is -2.24. The molecule has 0 aliphatic carbocycles. The fourth-order valence-electron chi connectivity index (χ4n) is 2.76. The van der Waals surface area contributed by atoms with Crippen molar-refractivity contribution in [1.82, 2.24) is 5.32 Å². The Kier molecular flexibility index (Phi) is 5.38. The summed E-state index contributed by atoms with van der Waals surface area (Å²) in [5, 5.41) is 17.0. The van der Waals surface area contributed by atoms with Gasteiger partial charge in [0.05, 0.1) is 4.92 Å². The number of nitro groups is 1. The third-order valence-corrected chi connectivity index (χ3v) is 3.66. The minimum absolute atomic E-state index is 0.172. The molecular formula is C16H22FN3O4. The molecule has 1 atom stereocenters. The third-order valence-electron chi connectivity index (χ3n) is 3.66. The largest absolute Gasteiger partial charge is 0.444 e. The molecule has 1 heterocycles. The van der Waals surface area contributed by atoms with E-state index < -0.39 is 22.4 Å². The molecule has 1 unspecified atom stereocenters. The quantitative estimate of drug-likeness (QED) is 0.649. The maximum atomic E-state index is 14.0. The van der Waals surface area contributed by atoms with E-state index in [1.165, 1.54) is 6.07 Å². The van der Waals surface area contributed by atoms with Gasteiger partial charge in [0.1, 0.15) is 17.1 Å². The van der Waals surface area contributed by atoms with Crippen molar-refractivity contribution in [3.8, 4) is 0 Å². The Morgan fingerprint density at radius 2 is 2.17 bits per heavy atom. The first-order chi connectivity index (χ1) is 11.2. The van der Waals surface area contributed by atoms with Crippen molar-refractivity contribution >= 4 is 17.5 Å². The van der Waals surface area contributed by atoms with E-state index in [4.69, 9.17) is 4.74 Å². The molecule has 1 aromatic carbocycles. The highest BCUT2D eigenvalue weighted by atomic mass is 19.1. The summed E-state index contributed by atoms with van der Waals surface area (Å²) in [6.07, 6.45) is 0.722. The molecule has 132 valence electrons. The second-order valence-corrected chi connectivity index (χ2v) is 6.82. The molecule has 0 spiro atoms. The number of carbonyl (C=O) groups excluding carboxylic acids is 1. The molecule has 0 saturated carbocycles. The fraction of sp³-hybridized carbons (Fsp3) is 0.562. The molecule has 2 rings (SSSR count). The molecule has 24 heavy (non-hydrogen) atoms. The number of anilines is 1. The second-order valence-electron chi connectivity index (χ2n) is 6.82. The number of halogens is 1. The maximum Gasteiger partial charge on any atom is 0.412 e. The van der Waals surface area contributed by atoms with Crippen LogP contribution < -0.4 is 10.6 Å². The summed E-state index contributed by atoms with van der Waals surface area (Å²) in [4.78, 5) is 22.9. The summed E-state index contributed by atoms with van der Waals surface area (Å²) in [5.41, 5.74) is -0.938. The van der Waals surface area contributed by atoms with E-state index in [2.05, 4.69) is 10.6 Å². The predicted molar refractivity (Wildman–Crippen MR) is 87.8 cm³/mol. The highest BCUT2D eigenvalue weighted by Gasteiger charge is 2.30. The van der Waals surface area contributed by atoms with E-state index in [0.717, 1.165) is 25.5 Å². The molecule has 8 heteroatoms. The number of carbonyl (C=O) groups is 1. The van der Waals surface area contributed by atoms with Crippen molar-refractivity contribution in [2.75, 3.05) is 18.4 Å². The number of nitrogens with one attached hydrogen (secondary N) is 2. The minimum Gasteiger partial charge on any atom is -0.444 e. The van der Waals surface area contributed by atoms with Crippen LogP contribution in [0.4, 0.5) is 20.6 Å². The van der Waals surface area contributed by atoms with Crippen LogP contribution in [-0.4, -0.2) is 29.7 Å². The number of hydrogen-bond acceptors (Lipinski definition) is 5. The fourth-order valence-corrected chi connectivity index (χ4v) is 2.76. The van der Waals surface area contributed by atoms with Gasteiger partial charge < -0.3 is 10.1 Å². The van der Waals surface area contributed by atoms with Crippen LogP contribution in [0.2, 0.25) is 0 Å². The topological polar surface area (TPSA) is 93.5 Å². The monoisotopic (exact) mass is 339 g/mol. The van der Waals surface area contributed by atoms with Gasteiger partial charge in [-0.3, -0.25) is 15.4 Å². The zero-order valence-corrected chi connectivity index (χ0v) is 14.0. The van der Waals surface area contributed by atoms with Gasteiger partial charge in [0, 0.05) is 24.1 Å². The standard InChI is InChI=1S/C16H22FN3O4/c1-16(2,3)24-15(21)19-13-8-11(17)7-12(14(13)20(22)23)10-5-4-6-18-9-10/h7-8,10,18H,4-6,9H2,1-3H3,(H,19,21). The van der Waals surface area contributed by atoms with Crippen LogP contribution >= 0.6 is 0 Å². The molecule has 1 saturated heterocycles. The van der Waals surface area contributed by atoms with Gasteiger partial charge in [-0.25, -0.2) is 9.18 Å². The van der Waals surface area contributed by atoms with Gasteiger partial charge in [-0.2, -0.15) is 0 Å². The lowest BCUT2D eigenvalue weighted by Crippen LogP contribution is -2.29. The van der Waals surface area contributed by atoms with E-state index in [1.54, 1.807) is 20.8 Å². The molecular weight excluding hydrogens is 317 g/mol. The highest BCUT2D eigenvalue weighted by Crippen LogP contribution is 2.37. The predicted octanol–water partition coefficient (Wildman–Crippen LogP) is 3.55. The molecule has 1 aliphatic rings. The van der Waals surface area contributed by atoms with Crippen LogP contribution in [0.25, 0.3) is 0 Å². The van der Waals surface area contributed by atoms with Crippen molar-refractivity contribution in [3.63, 3.8) is 0 Å². The smallest absolute Gasteiger partial charge is 0.412 e. The summed E-state index contributed by atoms with van der Waals surface area (Å²) in [7, 11) is 0. The first kappa shape index (κ1) is 18.1. The summed E-state index contributed by atoms with van der Waals surface area (Å²) in [6.45, 7) is 6.39. The Balaban J connectivity index is 2.37. The zero-order valence-electron chi connectivity index (χ0n) is 14.0. The van der Waals surface area contributed by atoms with Gasteiger partial charge >= 0.3 is 6.09 Å². The van der Waals surface area contributed by atoms with Crippen LogP contribution in [0.5, 0.6) is 0 Å². The first-order valence-electron chi connectivity index (χ1n) is 7.86. The van der Waals surface area contributed by atoms with Crippen LogP contribution in [0.3, 0.4) is 0 Å². The maximum absolute atomic E-state index is 14.0. The van der Waals surface area contributed by atoms with E-state index >= 15 is 0 Å². The molecule has 1 fully saturated rings. The van der Waals surface area contributed by atoms with Gasteiger partial charge in [0.25, 0.3) is 5.69 Å². The van der Waals surface area contributed by atoms with E-state index in [-0.39, 0.29) is 17.3 Å². The van der Waals surface area contributed by atoms with Crippen molar-refractivity contribution in [2.24, 2.45) is 0 Å². The number of amides is 1. The summed E-state index contributed by atoms with van der Waals surface area (Å²) in [6, 6.07) is 2.12. The van der Waals surface area contributed by atoms with E-state index in [0.29, 0.717) is 12.1 Å². The minimum atomic E-state index is -0.857. The average Bonchev–Trinajstić information content (AvgIpc) is 2.45. The Labute approximate surface area is 139 Å². The molecule has 0 radical (unpaired) electrons. The van der Waals surface area contributed by atoms with Crippen molar-refractivity contribution in [2.45, 2.75) is 45.1 Å². The summed E-state index contributed by atoms with van der Waals surface area (Å²) < 4.78 is 19.1. The SMILES string of the molecule is CC(C)(C)OC(=O)Nc1cc(F)cc(C2CCCNC2)c1[N+](=O)[O-]. The number of nitro benzene ring substituents is 1. The van der Waals surface area contributed by atoms with Crippen LogP contribution in [-0.2, 0) is 4.74 Å². The first-order valence-corrected chi connectivity index (χ1v) is 7.86. The number of piperidine rings is 1. The molecule has 7 nitrogen and oxygen atoms in total. The van der Waals surface area contributed by atoms with Gasteiger partial charge in [-0.1, -0.05) is 0 Å². The molecule has 1 aromatic rings. The normalized spacial score (nSPS) is 18.1. The Morgan fingerprint density at radius 3 is 2.71 bits per heavy atom. The number of benzene rings is 1. The zero-order chi connectivity index (χ0) is 17.9. The number of hydrogen-bond donors (Lipinski definition) is 2. The molecule has 2 N–H and O–H groups in total. The lowest BCUT2D eigenvalue weighted by molar-refractivity contribution is -0.384. The van der Waals surface area contributed by atoms with Crippen molar-refractivity contribution in [3.05, 3.63) is 33.6 Å². The highest BCUT2D eigenvalue weighted by molar-refractivity contribution is 5.88. The van der Waals surface area contributed by atoms with Crippen molar-refractivity contribution < 1.29 is 18.8 Å². The third kappa shape index (κ3) is 4.64. The van der Waals surface area contributed by atoms with E-state index in [9.17, 15) is 19.3 Å². The van der Waals surface area contributed by atoms with Gasteiger partial charge in [0.15, 0.2) is 0 Å². The Bertz CT molecular complexity index is 637. The average molecular weight is 339 g/mol. The number of rotatable bonds is 3. The lowest BCUT2D eigenvalue weighted by atomic mass is 9.90. The Morgan fingerprint density at radius 1 is 1.46 bits per heavy atom.